The van der Waals surface area contributed by atoms with Crippen LogP contribution in [0.3, 0.4) is 0 Å². The molecule has 1 saturated heterocycles. The van der Waals surface area contributed by atoms with Gasteiger partial charge in [0.25, 0.3) is 0 Å². The molecule has 0 amide bonds. The third-order valence-corrected chi connectivity index (χ3v) is 6.29. The zero-order valence-electron chi connectivity index (χ0n) is 15.2. The van der Waals surface area contributed by atoms with Crippen LogP contribution in [0.2, 0.25) is 0 Å². The lowest BCUT2D eigenvalue weighted by Crippen LogP contribution is -2.39. The van der Waals surface area contributed by atoms with Crippen molar-refractivity contribution < 1.29 is 14.3 Å². The van der Waals surface area contributed by atoms with Gasteiger partial charge in [-0.05, 0) is 49.4 Å². The summed E-state index contributed by atoms with van der Waals surface area (Å²) in [6, 6.07) is 0. The van der Waals surface area contributed by atoms with Gasteiger partial charge in [-0.1, -0.05) is 34.3 Å². The highest BCUT2D eigenvalue weighted by atomic mass is 16.5. The van der Waals surface area contributed by atoms with Gasteiger partial charge in [-0.15, -0.1) is 0 Å². The van der Waals surface area contributed by atoms with Crippen molar-refractivity contribution in [1.82, 2.24) is 0 Å². The molecule has 3 aliphatic rings. The highest BCUT2D eigenvalue weighted by Crippen LogP contribution is 2.57. The minimum atomic E-state index is -0.226. The van der Waals surface area contributed by atoms with Crippen LogP contribution in [-0.2, 0) is 14.3 Å². The summed E-state index contributed by atoms with van der Waals surface area (Å²) < 4.78 is 5.39. The van der Waals surface area contributed by atoms with Gasteiger partial charge in [-0.25, -0.2) is 4.79 Å². The van der Waals surface area contributed by atoms with Gasteiger partial charge in [-0.3, -0.25) is 4.79 Å². The van der Waals surface area contributed by atoms with Crippen LogP contribution in [0.5, 0.6) is 0 Å². The van der Waals surface area contributed by atoms with E-state index in [9.17, 15) is 9.59 Å². The van der Waals surface area contributed by atoms with Crippen LogP contribution < -0.4 is 0 Å². The molecule has 0 bridgehead atoms. The predicted molar refractivity (Wildman–Crippen MR) is 91.9 cm³/mol. The average Bonchev–Trinajstić information content (AvgIpc) is 3.02. The summed E-state index contributed by atoms with van der Waals surface area (Å²) >= 11 is 0. The Hall–Kier alpha value is -1.12. The molecule has 0 aromatic heterocycles. The molecular weight excluding hydrogens is 288 g/mol. The Bertz CT molecular complexity index is 465. The maximum atomic E-state index is 12.2. The van der Waals surface area contributed by atoms with Crippen LogP contribution >= 0.6 is 0 Å². The minimum absolute atomic E-state index is 0.00180. The Morgan fingerprint density at radius 1 is 1.30 bits per heavy atom. The number of carbonyl (C=O) groups is 2. The van der Waals surface area contributed by atoms with E-state index < -0.39 is 0 Å². The molecule has 1 heterocycles. The monoisotopic (exact) mass is 320 g/mol. The number of hydrogen-bond acceptors (Lipinski definition) is 3. The summed E-state index contributed by atoms with van der Waals surface area (Å²) in [6.07, 6.45) is 6.79. The molecule has 0 aromatic rings. The first-order valence-corrected chi connectivity index (χ1v) is 9.33. The van der Waals surface area contributed by atoms with E-state index in [1.54, 1.807) is 0 Å². The molecule has 0 aromatic carbocycles. The van der Waals surface area contributed by atoms with E-state index in [1.165, 1.54) is 6.42 Å². The Balaban J connectivity index is 0.000000924. The van der Waals surface area contributed by atoms with Crippen LogP contribution in [0.25, 0.3) is 0 Å². The van der Waals surface area contributed by atoms with Gasteiger partial charge >= 0.3 is 5.97 Å². The van der Waals surface area contributed by atoms with Gasteiger partial charge in [0.1, 0.15) is 11.9 Å². The molecule has 5 atom stereocenters. The van der Waals surface area contributed by atoms with E-state index in [-0.39, 0.29) is 23.4 Å². The lowest BCUT2D eigenvalue weighted by Gasteiger charge is -2.42. The van der Waals surface area contributed by atoms with E-state index in [0.717, 1.165) is 32.1 Å². The third-order valence-electron chi connectivity index (χ3n) is 6.29. The van der Waals surface area contributed by atoms with Gasteiger partial charge in [0.05, 0.1) is 0 Å². The fourth-order valence-electron chi connectivity index (χ4n) is 5.25. The number of cyclic esters (lactones) is 1. The fourth-order valence-corrected chi connectivity index (χ4v) is 5.25. The summed E-state index contributed by atoms with van der Waals surface area (Å²) in [7, 11) is 0. The summed E-state index contributed by atoms with van der Waals surface area (Å²) in [5, 5.41) is 0. The van der Waals surface area contributed by atoms with Gasteiger partial charge in [-0.2, -0.15) is 0 Å². The van der Waals surface area contributed by atoms with Crippen LogP contribution in [0, 0.1) is 23.2 Å². The van der Waals surface area contributed by atoms with Gasteiger partial charge < -0.3 is 4.74 Å². The molecule has 3 nitrogen and oxygen atoms in total. The van der Waals surface area contributed by atoms with Crippen LogP contribution in [0.4, 0.5) is 0 Å². The number of hydrogen-bond donors (Lipinski definition) is 0. The van der Waals surface area contributed by atoms with Gasteiger partial charge in [0.2, 0.25) is 0 Å². The van der Waals surface area contributed by atoms with Crippen molar-refractivity contribution in [3.05, 3.63) is 12.2 Å². The first-order chi connectivity index (χ1) is 10.9. The molecule has 3 rings (SSSR count). The van der Waals surface area contributed by atoms with E-state index in [0.29, 0.717) is 29.6 Å². The van der Waals surface area contributed by atoms with Crippen molar-refractivity contribution in [2.45, 2.75) is 78.7 Å². The second kappa shape index (κ2) is 7.19. The molecule has 4 unspecified atom stereocenters. The van der Waals surface area contributed by atoms with E-state index in [4.69, 9.17) is 4.74 Å². The number of carbonyl (C=O) groups excluding carboxylic acids is 2. The molecule has 2 aliphatic carbocycles. The highest BCUT2D eigenvalue weighted by molar-refractivity contribution is 5.89. The Morgan fingerprint density at radius 3 is 2.61 bits per heavy atom. The zero-order valence-corrected chi connectivity index (χ0v) is 15.2. The minimum Gasteiger partial charge on any atom is -0.459 e. The smallest absolute Gasteiger partial charge is 0.333 e. The molecule has 0 N–H and O–H groups in total. The molecule has 1 aliphatic heterocycles. The topological polar surface area (TPSA) is 43.4 Å². The molecule has 2 saturated carbocycles. The first-order valence-electron chi connectivity index (χ1n) is 9.33. The Morgan fingerprint density at radius 2 is 2.00 bits per heavy atom. The second-order valence-electron chi connectivity index (χ2n) is 7.61. The van der Waals surface area contributed by atoms with E-state index in [2.05, 4.69) is 20.4 Å². The average molecular weight is 320 g/mol. The number of rotatable bonds is 3. The van der Waals surface area contributed by atoms with Crippen molar-refractivity contribution in [1.29, 1.82) is 0 Å². The maximum Gasteiger partial charge on any atom is 0.333 e. The number of fused-ring (bicyclic) bond motifs is 1. The highest BCUT2D eigenvalue weighted by Gasteiger charge is 2.52. The van der Waals surface area contributed by atoms with Crippen LogP contribution in [0.1, 0.15) is 72.6 Å². The number of ketones is 1. The number of ether oxygens (including phenoxy) is 1. The van der Waals surface area contributed by atoms with Gasteiger partial charge in [0, 0.05) is 24.3 Å². The van der Waals surface area contributed by atoms with Crippen molar-refractivity contribution in [3.8, 4) is 0 Å². The van der Waals surface area contributed by atoms with Crippen molar-refractivity contribution >= 4 is 11.8 Å². The standard InChI is InChI=1S/C18H26O3.C2H6/c1-11(9-13-10-12(2)17(20)21-13)14-6-7-15-16(19)5-4-8-18(14,15)3;1-2/h11,13-15H,2,4-10H2,1,3H3;1-2H3/t11-,13?,14?,15?,18?;/m1./s1. The zero-order chi connectivity index (χ0) is 17.2. The summed E-state index contributed by atoms with van der Waals surface area (Å²) in [5.74, 6) is 1.61. The van der Waals surface area contributed by atoms with E-state index in [1.807, 2.05) is 13.8 Å². The molecular formula is C20H32O3. The lowest BCUT2D eigenvalue weighted by atomic mass is 9.62. The molecule has 3 heteroatoms. The summed E-state index contributed by atoms with van der Waals surface area (Å²) in [5.41, 5.74) is 0.782. The lowest BCUT2D eigenvalue weighted by molar-refractivity contribution is -0.139. The predicted octanol–water partition coefficient (Wildman–Crippen LogP) is 4.70. The summed E-state index contributed by atoms with van der Waals surface area (Å²) in [6.45, 7) is 12.4. The van der Waals surface area contributed by atoms with Gasteiger partial charge in [0.15, 0.2) is 0 Å². The number of esters is 1. The molecule has 0 radical (unpaired) electrons. The molecule has 130 valence electrons. The van der Waals surface area contributed by atoms with Crippen molar-refractivity contribution in [2.24, 2.45) is 23.2 Å². The third kappa shape index (κ3) is 3.39. The molecule has 23 heavy (non-hydrogen) atoms. The normalized spacial score (nSPS) is 37.7. The Labute approximate surface area is 140 Å². The second-order valence-corrected chi connectivity index (χ2v) is 7.61. The largest absolute Gasteiger partial charge is 0.459 e. The molecule has 0 spiro atoms. The number of Topliss-reactive ketones (excluding diaryl/α,β-unsaturated/α-hetero) is 1. The maximum absolute atomic E-state index is 12.2. The SMILES string of the molecule is C=C1CC(C[C@@H](C)C2CCC3C(=O)CCCC32C)OC1=O.CC. The van der Waals surface area contributed by atoms with E-state index >= 15 is 0 Å². The summed E-state index contributed by atoms with van der Waals surface area (Å²) in [4.78, 5) is 23.7. The fraction of sp³-hybridized carbons (Fsp3) is 0.800. The van der Waals surface area contributed by atoms with Crippen molar-refractivity contribution in [3.63, 3.8) is 0 Å². The quantitative estimate of drug-likeness (QED) is 0.559. The molecule has 3 fully saturated rings. The van der Waals surface area contributed by atoms with Crippen LogP contribution in [0.15, 0.2) is 12.2 Å². The van der Waals surface area contributed by atoms with Crippen molar-refractivity contribution in [2.75, 3.05) is 0 Å². The first kappa shape index (κ1) is 18.2. The Kier molecular flexibility index (Phi) is 5.70. The van der Waals surface area contributed by atoms with Crippen LogP contribution in [-0.4, -0.2) is 17.9 Å².